The zero-order valence-electron chi connectivity index (χ0n) is 11.1. The van der Waals surface area contributed by atoms with Crippen LogP contribution in [0.1, 0.15) is 41.8 Å². The number of hydrogen-bond donors (Lipinski definition) is 1. The Hall–Kier alpha value is -1.26. The number of thiophene rings is 1. The van der Waals surface area contributed by atoms with E-state index in [1.54, 1.807) is 11.3 Å². The molecule has 0 radical (unpaired) electrons. The highest BCUT2D eigenvalue weighted by Crippen LogP contribution is 2.17. The summed E-state index contributed by atoms with van der Waals surface area (Å²) in [4.78, 5) is 10.4. The van der Waals surface area contributed by atoms with Crippen molar-refractivity contribution >= 4 is 11.3 Å². The van der Waals surface area contributed by atoms with Gasteiger partial charge in [-0.15, -0.1) is 11.3 Å². The molecule has 2 aromatic heterocycles. The van der Waals surface area contributed by atoms with Gasteiger partial charge in [0.05, 0.1) is 0 Å². The number of aromatic nitrogens is 2. The summed E-state index contributed by atoms with van der Waals surface area (Å²) in [6, 6.07) is 4.50. The first-order valence-electron chi connectivity index (χ1n) is 6.29. The highest BCUT2D eigenvalue weighted by molar-refractivity contribution is 7.09. The van der Waals surface area contributed by atoms with E-state index in [1.807, 2.05) is 6.20 Å². The molecule has 0 bridgehead atoms. The molecule has 18 heavy (non-hydrogen) atoms. The molecule has 0 aliphatic heterocycles. The van der Waals surface area contributed by atoms with Crippen LogP contribution in [0.5, 0.6) is 0 Å². The average molecular weight is 261 g/mol. The van der Waals surface area contributed by atoms with Gasteiger partial charge in [-0.3, -0.25) is 0 Å². The topological polar surface area (TPSA) is 37.8 Å². The summed E-state index contributed by atoms with van der Waals surface area (Å²) in [6.45, 7) is 7.27. The molecule has 2 heterocycles. The molecule has 2 aromatic rings. The van der Waals surface area contributed by atoms with Crippen LogP contribution in [0.3, 0.4) is 0 Å². The molecule has 3 nitrogen and oxygen atoms in total. The minimum Gasteiger partial charge on any atom is -0.310 e. The van der Waals surface area contributed by atoms with E-state index in [2.05, 4.69) is 53.6 Å². The van der Waals surface area contributed by atoms with Crippen molar-refractivity contribution in [2.24, 2.45) is 0 Å². The van der Waals surface area contributed by atoms with Gasteiger partial charge >= 0.3 is 0 Å². The monoisotopic (exact) mass is 261 g/mol. The van der Waals surface area contributed by atoms with Crippen molar-refractivity contribution in [1.82, 2.24) is 15.3 Å². The van der Waals surface area contributed by atoms with E-state index in [-0.39, 0.29) is 0 Å². The molecule has 0 spiro atoms. The maximum atomic E-state index is 4.61. The van der Waals surface area contributed by atoms with Gasteiger partial charge in [0.25, 0.3) is 0 Å². The zero-order valence-corrected chi connectivity index (χ0v) is 11.9. The summed E-state index contributed by atoms with van der Waals surface area (Å²) in [5.41, 5.74) is 2.26. The maximum Gasteiger partial charge on any atom is 0.133 e. The van der Waals surface area contributed by atoms with Crippen LogP contribution < -0.4 is 5.32 Å². The Morgan fingerprint density at radius 2 is 2.28 bits per heavy atom. The lowest BCUT2D eigenvalue weighted by atomic mass is 10.1. The van der Waals surface area contributed by atoms with Crippen molar-refractivity contribution < 1.29 is 0 Å². The van der Waals surface area contributed by atoms with E-state index < -0.39 is 0 Å². The van der Waals surface area contributed by atoms with E-state index in [1.165, 1.54) is 10.4 Å². The maximum absolute atomic E-state index is 4.61. The number of nitrogens with zero attached hydrogens (tertiary/aromatic N) is 2. The van der Waals surface area contributed by atoms with E-state index in [0.29, 0.717) is 6.04 Å². The molecule has 4 heteroatoms. The third-order valence-electron chi connectivity index (χ3n) is 2.96. The van der Waals surface area contributed by atoms with Crippen molar-refractivity contribution in [3.05, 3.63) is 45.7 Å². The second-order valence-electron chi connectivity index (χ2n) is 4.36. The van der Waals surface area contributed by atoms with Crippen molar-refractivity contribution in [1.29, 1.82) is 0 Å². The van der Waals surface area contributed by atoms with Gasteiger partial charge in [0.1, 0.15) is 5.82 Å². The predicted octanol–water partition coefficient (Wildman–Crippen LogP) is 3.11. The largest absolute Gasteiger partial charge is 0.310 e. The summed E-state index contributed by atoms with van der Waals surface area (Å²) in [5, 5.41) is 5.48. The Morgan fingerprint density at radius 1 is 1.44 bits per heavy atom. The molecule has 0 aromatic carbocycles. The average Bonchev–Trinajstić information content (AvgIpc) is 2.82. The first-order valence-corrected chi connectivity index (χ1v) is 7.16. The molecule has 96 valence electrons. The van der Waals surface area contributed by atoms with Crippen LogP contribution in [-0.4, -0.2) is 16.5 Å². The Labute approximate surface area is 112 Å². The summed E-state index contributed by atoms with van der Waals surface area (Å²) in [7, 11) is 0. The SMILES string of the molecule is CCNC(C)c1cnc(Cc2cccs2)nc1C. The van der Waals surface area contributed by atoms with Gasteiger partial charge in [-0.25, -0.2) is 9.97 Å². The summed E-state index contributed by atoms with van der Waals surface area (Å²) in [6.07, 6.45) is 2.78. The fraction of sp³-hybridized carbons (Fsp3) is 0.429. The first-order chi connectivity index (χ1) is 8.70. The Kier molecular flexibility index (Phi) is 4.44. The van der Waals surface area contributed by atoms with Gasteiger partial charge in [-0.2, -0.15) is 0 Å². The van der Waals surface area contributed by atoms with E-state index in [9.17, 15) is 0 Å². The minimum atomic E-state index is 0.311. The molecule has 0 fully saturated rings. The smallest absolute Gasteiger partial charge is 0.133 e. The van der Waals surface area contributed by atoms with E-state index >= 15 is 0 Å². The third-order valence-corrected chi connectivity index (χ3v) is 3.83. The Bertz CT molecular complexity index is 494. The molecule has 0 aliphatic rings. The van der Waals surface area contributed by atoms with Crippen molar-refractivity contribution in [3.63, 3.8) is 0 Å². The van der Waals surface area contributed by atoms with Crippen LogP contribution >= 0.6 is 11.3 Å². The minimum absolute atomic E-state index is 0.311. The molecular formula is C14H19N3S. The summed E-state index contributed by atoms with van der Waals surface area (Å²) < 4.78 is 0. The van der Waals surface area contributed by atoms with Crippen molar-refractivity contribution in [2.45, 2.75) is 33.2 Å². The molecule has 1 atom stereocenters. The van der Waals surface area contributed by atoms with Crippen LogP contribution in [0.25, 0.3) is 0 Å². The summed E-state index contributed by atoms with van der Waals surface area (Å²) >= 11 is 1.75. The van der Waals surface area contributed by atoms with Crippen LogP contribution in [0.15, 0.2) is 23.7 Å². The first kappa shape index (κ1) is 13.2. The van der Waals surface area contributed by atoms with Crippen LogP contribution in [0.4, 0.5) is 0 Å². The Morgan fingerprint density at radius 3 is 2.89 bits per heavy atom. The molecule has 1 N–H and O–H groups in total. The normalized spacial score (nSPS) is 12.6. The number of hydrogen-bond acceptors (Lipinski definition) is 4. The molecule has 0 saturated heterocycles. The third kappa shape index (κ3) is 3.15. The van der Waals surface area contributed by atoms with E-state index in [0.717, 1.165) is 24.5 Å². The molecule has 0 amide bonds. The fourth-order valence-corrected chi connectivity index (χ4v) is 2.72. The second kappa shape index (κ2) is 6.07. The van der Waals surface area contributed by atoms with Gasteiger partial charge in [-0.1, -0.05) is 13.0 Å². The van der Waals surface area contributed by atoms with E-state index in [4.69, 9.17) is 0 Å². The van der Waals surface area contributed by atoms with Gasteiger partial charge < -0.3 is 5.32 Å². The molecule has 2 rings (SSSR count). The van der Waals surface area contributed by atoms with Crippen LogP contribution in [0.2, 0.25) is 0 Å². The zero-order chi connectivity index (χ0) is 13.0. The van der Waals surface area contributed by atoms with Gasteiger partial charge in [0.15, 0.2) is 0 Å². The van der Waals surface area contributed by atoms with Gasteiger partial charge in [0, 0.05) is 34.8 Å². The highest BCUT2D eigenvalue weighted by atomic mass is 32.1. The molecule has 0 saturated carbocycles. The molecular weight excluding hydrogens is 242 g/mol. The number of rotatable bonds is 5. The molecule has 1 unspecified atom stereocenters. The Balaban J connectivity index is 2.14. The fourth-order valence-electron chi connectivity index (χ4n) is 2.02. The summed E-state index contributed by atoms with van der Waals surface area (Å²) in [5.74, 6) is 0.905. The lowest BCUT2D eigenvalue weighted by Gasteiger charge is -2.14. The van der Waals surface area contributed by atoms with Crippen molar-refractivity contribution in [3.8, 4) is 0 Å². The highest BCUT2D eigenvalue weighted by Gasteiger charge is 2.10. The standard InChI is InChI=1S/C14H19N3S/c1-4-15-10(2)13-9-16-14(17-11(13)3)8-12-6-5-7-18-12/h5-7,9-10,15H,4,8H2,1-3H3. The number of aryl methyl sites for hydroxylation is 1. The second-order valence-corrected chi connectivity index (χ2v) is 5.39. The molecule has 0 aliphatic carbocycles. The lowest BCUT2D eigenvalue weighted by Crippen LogP contribution is -2.19. The van der Waals surface area contributed by atoms with Gasteiger partial charge in [-0.05, 0) is 31.8 Å². The predicted molar refractivity (Wildman–Crippen MR) is 76.0 cm³/mol. The lowest BCUT2D eigenvalue weighted by molar-refractivity contribution is 0.588. The van der Waals surface area contributed by atoms with Crippen molar-refractivity contribution in [2.75, 3.05) is 6.54 Å². The van der Waals surface area contributed by atoms with Gasteiger partial charge in [0.2, 0.25) is 0 Å². The number of nitrogens with one attached hydrogen (secondary N) is 1. The van der Waals surface area contributed by atoms with Crippen LogP contribution in [-0.2, 0) is 6.42 Å². The quantitative estimate of drug-likeness (QED) is 0.898. The van der Waals surface area contributed by atoms with Crippen LogP contribution in [0, 0.1) is 6.92 Å².